The second-order valence-electron chi connectivity index (χ2n) is 3.50. The molecule has 4 N–H and O–H groups in total. The van der Waals surface area contributed by atoms with Crippen LogP contribution in [0.4, 0.5) is 27.7 Å². The van der Waals surface area contributed by atoms with Crippen molar-refractivity contribution in [3.8, 4) is 0 Å². The topological polar surface area (TPSA) is 75.9 Å². The molecule has 1 heterocycles. The number of rotatable bonds is 3. The average Bonchev–Trinajstić information content (AvgIpc) is 2.33. The molecule has 0 unspecified atom stereocenters. The molecule has 1 aromatic heterocycles. The summed E-state index contributed by atoms with van der Waals surface area (Å²) >= 11 is 3.32. The fraction of sp³-hybridized carbons (Fsp3) is 0.0909. The first-order chi connectivity index (χ1) is 8.58. The number of nitrogens with one attached hydrogen (secondary N) is 2. The summed E-state index contributed by atoms with van der Waals surface area (Å²) in [7, 11) is 1.73. The Kier molecular flexibility index (Phi) is 3.61. The van der Waals surface area contributed by atoms with Crippen LogP contribution in [0.25, 0.3) is 0 Å². The number of nitrogens with zero attached hydrogens (tertiary/aromatic N) is 2. The normalized spacial score (nSPS) is 10.2. The number of nitrogen functional groups attached to an aromatic ring is 1. The van der Waals surface area contributed by atoms with E-state index in [1.54, 1.807) is 19.2 Å². The van der Waals surface area contributed by atoms with Crippen LogP contribution in [-0.4, -0.2) is 17.0 Å². The molecule has 0 radical (unpaired) electrons. The second-order valence-corrected chi connectivity index (χ2v) is 4.35. The third kappa shape index (κ3) is 2.86. The van der Waals surface area contributed by atoms with Gasteiger partial charge < -0.3 is 16.4 Å². The zero-order valence-corrected chi connectivity index (χ0v) is 11.1. The summed E-state index contributed by atoms with van der Waals surface area (Å²) in [5, 5.41) is 5.83. The molecule has 94 valence electrons. The minimum atomic E-state index is -0.337. The van der Waals surface area contributed by atoms with Gasteiger partial charge in [0, 0.05) is 17.6 Å². The molecule has 1 aromatic carbocycles. The lowest BCUT2D eigenvalue weighted by Crippen LogP contribution is -2.03. The summed E-state index contributed by atoms with van der Waals surface area (Å²) in [6.07, 6.45) is 0. The molecule has 0 fully saturated rings. The Labute approximate surface area is 112 Å². The Balaban J connectivity index is 2.33. The van der Waals surface area contributed by atoms with E-state index in [9.17, 15) is 4.39 Å². The van der Waals surface area contributed by atoms with E-state index in [0.29, 0.717) is 17.3 Å². The molecule has 0 atom stereocenters. The van der Waals surface area contributed by atoms with Gasteiger partial charge in [-0.1, -0.05) is 0 Å². The van der Waals surface area contributed by atoms with E-state index in [1.807, 2.05) is 0 Å². The number of nitrogens with two attached hydrogens (primary N) is 1. The first-order valence-electron chi connectivity index (χ1n) is 5.13. The molecule has 0 saturated carbocycles. The lowest BCUT2D eigenvalue weighted by Gasteiger charge is -2.09. The van der Waals surface area contributed by atoms with Crippen LogP contribution in [0.5, 0.6) is 0 Å². The van der Waals surface area contributed by atoms with Crippen molar-refractivity contribution < 1.29 is 4.39 Å². The number of aromatic nitrogens is 2. The molecule has 0 aliphatic rings. The molecule has 2 rings (SSSR count). The largest absolute Gasteiger partial charge is 0.373 e. The number of hydrogen-bond donors (Lipinski definition) is 3. The van der Waals surface area contributed by atoms with Gasteiger partial charge in [-0.2, -0.15) is 9.97 Å². The molecule has 0 amide bonds. The molecule has 0 bridgehead atoms. The van der Waals surface area contributed by atoms with Crippen LogP contribution in [0.2, 0.25) is 0 Å². The second kappa shape index (κ2) is 5.18. The van der Waals surface area contributed by atoms with Gasteiger partial charge in [0.25, 0.3) is 0 Å². The van der Waals surface area contributed by atoms with Crippen LogP contribution in [0.1, 0.15) is 0 Å². The van der Waals surface area contributed by atoms with Gasteiger partial charge in [-0.25, -0.2) is 4.39 Å². The molecule has 18 heavy (non-hydrogen) atoms. The minimum Gasteiger partial charge on any atom is -0.373 e. The van der Waals surface area contributed by atoms with Crippen molar-refractivity contribution >= 4 is 39.2 Å². The van der Waals surface area contributed by atoms with Crippen LogP contribution >= 0.6 is 15.9 Å². The van der Waals surface area contributed by atoms with Crippen LogP contribution in [0, 0.1) is 5.82 Å². The first kappa shape index (κ1) is 12.6. The molecule has 2 aromatic rings. The van der Waals surface area contributed by atoms with Gasteiger partial charge in [0.1, 0.15) is 17.5 Å². The molecular weight excluding hydrogens is 301 g/mol. The summed E-state index contributed by atoms with van der Waals surface area (Å²) in [5.41, 5.74) is 6.13. The Morgan fingerprint density at radius 2 is 1.94 bits per heavy atom. The number of benzene rings is 1. The lowest BCUT2D eigenvalue weighted by molar-refractivity contribution is 0.628. The van der Waals surface area contributed by atoms with Crippen LogP contribution < -0.4 is 16.4 Å². The maximum Gasteiger partial charge on any atom is 0.223 e. The first-order valence-corrected chi connectivity index (χ1v) is 5.92. The third-order valence-corrected chi connectivity index (χ3v) is 2.88. The maximum absolute atomic E-state index is 13.1. The van der Waals surface area contributed by atoms with Gasteiger partial charge >= 0.3 is 0 Å². The zero-order chi connectivity index (χ0) is 13.1. The van der Waals surface area contributed by atoms with Gasteiger partial charge in [-0.15, -0.1) is 0 Å². The molecule has 0 aliphatic carbocycles. The van der Waals surface area contributed by atoms with E-state index < -0.39 is 0 Å². The Bertz CT molecular complexity index is 575. The van der Waals surface area contributed by atoms with Gasteiger partial charge in [0.2, 0.25) is 5.95 Å². The predicted molar refractivity (Wildman–Crippen MR) is 73.4 cm³/mol. The number of hydrogen-bond acceptors (Lipinski definition) is 5. The molecule has 5 nitrogen and oxygen atoms in total. The molecule has 0 spiro atoms. The minimum absolute atomic E-state index is 0.136. The van der Waals surface area contributed by atoms with Gasteiger partial charge in [-0.3, -0.25) is 0 Å². The predicted octanol–water partition coefficient (Wildman–Crippen LogP) is 2.75. The lowest BCUT2D eigenvalue weighted by atomic mass is 10.3. The average molecular weight is 312 g/mol. The van der Waals surface area contributed by atoms with Crippen molar-refractivity contribution in [2.24, 2.45) is 0 Å². The van der Waals surface area contributed by atoms with Crippen molar-refractivity contribution in [1.29, 1.82) is 0 Å². The van der Waals surface area contributed by atoms with E-state index >= 15 is 0 Å². The maximum atomic E-state index is 13.1. The Morgan fingerprint density at radius 1 is 1.22 bits per heavy atom. The van der Waals surface area contributed by atoms with Crippen molar-refractivity contribution in [2.75, 3.05) is 23.4 Å². The van der Waals surface area contributed by atoms with Crippen LogP contribution in [-0.2, 0) is 0 Å². The number of halogens is 2. The van der Waals surface area contributed by atoms with Crippen molar-refractivity contribution in [2.45, 2.75) is 0 Å². The van der Waals surface area contributed by atoms with E-state index in [0.717, 1.165) is 4.47 Å². The van der Waals surface area contributed by atoms with E-state index in [-0.39, 0.29) is 11.8 Å². The van der Waals surface area contributed by atoms with Crippen LogP contribution in [0.3, 0.4) is 0 Å². The fourth-order valence-electron chi connectivity index (χ4n) is 1.39. The van der Waals surface area contributed by atoms with Gasteiger partial charge in [0.15, 0.2) is 0 Å². The fourth-order valence-corrected chi connectivity index (χ4v) is 1.73. The standard InChI is InChI=1S/C11H11BrFN5/c1-15-9-5-10(18-11(14)17-9)16-8-4-6(13)2-3-7(8)12/h2-5H,1H3,(H4,14,15,16,17,18). The van der Waals surface area contributed by atoms with Crippen molar-refractivity contribution in [3.63, 3.8) is 0 Å². The molecule has 7 heteroatoms. The van der Waals surface area contributed by atoms with E-state index in [4.69, 9.17) is 5.73 Å². The van der Waals surface area contributed by atoms with Crippen molar-refractivity contribution in [3.05, 3.63) is 34.6 Å². The van der Waals surface area contributed by atoms with Gasteiger partial charge in [0.05, 0.1) is 5.69 Å². The van der Waals surface area contributed by atoms with E-state index in [1.165, 1.54) is 12.1 Å². The summed E-state index contributed by atoms with van der Waals surface area (Å²) in [6, 6.07) is 6.01. The zero-order valence-electron chi connectivity index (χ0n) is 9.54. The third-order valence-electron chi connectivity index (χ3n) is 2.19. The highest BCUT2D eigenvalue weighted by atomic mass is 79.9. The summed E-state index contributed by atoms with van der Waals surface area (Å²) < 4.78 is 13.9. The SMILES string of the molecule is CNc1cc(Nc2cc(F)ccc2Br)nc(N)n1. The van der Waals surface area contributed by atoms with E-state index in [2.05, 4.69) is 36.5 Å². The Hall–Kier alpha value is -1.89. The molecule has 0 aliphatic heterocycles. The summed E-state index contributed by atoms with van der Waals surface area (Å²) in [4.78, 5) is 7.98. The highest BCUT2D eigenvalue weighted by molar-refractivity contribution is 9.10. The quantitative estimate of drug-likeness (QED) is 0.812. The van der Waals surface area contributed by atoms with Crippen molar-refractivity contribution in [1.82, 2.24) is 9.97 Å². The highest BCUT2D eigenvalue weighted by Crippen LogP contribution is 2.26. The molecular formula is C11H11BrFN5. The summed E-state index contributed by atoms with van der Waals surface area (Å²) in [6.45, 7) is 0. The smallest absolute Gasteiger partial charge is 0.223 e. The van der Waals surface area contributed by atoms with Crippen LogP contribution in [0.15, 0.2) is 28.7 Å². The van der Waals surface area contributed by atoms with Gasteiger partial charge in [-0.05, 0) is 34.1 Å². The summed E-state index contributed by atoms with van der Waals surface area (Å²) in [5.74, 6) is 0.865. The molecule has 0 saturated heterocycles. The highest BCUT2D eigenvalue weighted by Gasteiger charge is 2.05. The Morgan fingerprint density at radius 3 is 2.67 bits per heavy atom. The number of anilines is 4. The monoisotopic (exact) mass is 311 g/mol.